The number of amides is 1. The number of nitrogens with one attached hydrogen (secondary N) is 1. The summed E-state index contributed by atoms with van der Waals surface area (Å²) in [6, 6.07) is 17.5. The van der Waals surface area contributed by atoms with Crippen LogP contribution < -0.4 is 10.2 Å². The molecule has 4 aromatic rings. The highest BCUT2D eigenvalue weighted by Gasteiger charge is 2.14. The number of carbonyl (C=O) groups excluding carboxylic acids is 2. The molecule has 1 N–H and O–H groups in total. The number of fused-ring (bicyclic) bond motifs is 1. The van der Waals surface area contributed by atoms with E-state index in [-0.39, 0.29) is 5.69 Å². The van der Waals surface area contributed by atoms with Crippen molar-refractivity contribution in [3.05, 3.63) is 101 Å². The Hall–Kier alpha value is -4.10. The summed E-state index contributed by atoms with van der Waals surface area (Å²) < 4.78 is 5.61. The van der Waals surface area contributed by atoms with E-state index in [0.717, 1.165) is 10.8 Å². The van der Waals surface area contributed by atoms with Crippen molar-refractivity contribution in [3.63, 3.8) is 0 Å². The summed E-state index contributed by atoms with van der Waals surface area (Å²) in [5.41, 5.74) is 3.43. The lowest BCUT2D eigenvalue weighted by molar-refractivity contribution is 0.0734. The Morgan fingerprint density at radius 3 is 2.58 bits per heavy atom. The Morgan fingerprint density at radius 2 is 1.81 bits per heavy atom. The number of aromatic nitrogens is 2. The van der Waals surface area contributed by atoms with Crippen LogP contribution in [-0.2, 0) is 0 Å². The molecule has 1 amide bonds. The molecule has 0 fully saturated rings. The molecule has 0 saturated carbocycles. The molecule has 3 aromatic carbocycles. The molecule has 31 heavy (non-hydrogen) atoms. The number of esters is 1. The van der Waals surface area contributed by atoms with E-state index in [2.05, 4.69) is 20.5 Å². The van der Waals surface area contributed by atoms with Gasteiger partial charge < -0.3 is 4.74 Å². The zero-order chi connectivity index (χ0) is 21.6. The highest BCUT2D eigenvalue weighted by Crippen LogP contribution is 2.27. The minimum absolute atomic E-state index is 0.131. The second-order valence-electron chi connectivity index (χ2n) is 6.38. The lowest BCUT2D eigenvalue weighted by atomic mass is 10.0. The van der Waals surface area contributed by atoms with Crippen molar-refractivity contribution >= 4 is 40.5 Å². The van der Waals surface area contributed by atoms with Gasteiger partial charge in [0.2, 0.25) is 0 Å². The Kier molecular flexibility index (Phi) is 5.96. The summed E-state index contributed by atoms with van der Waals surface area (Å²) in [4.78, 5) is 32.5. The third-order valence-corrected chi connectivity index (χ3v) is 4.62. The van der Waals surface area contributed by atoms with Gasteiger partial charge in [-0.25, -0.2) is 15.2 Å². The first kappa shape index (κ1) is 20.2. The maximum Gasteiger partial charge on any atom is 0.343 e. The number of hydrogen-bond donors (Lipinski definition) is 1. The van der Waals surface area contributed by atoms with Crippen molar-refractivity contribution in [2.75, 3.05) is 0 Å². The summed E-state index contributed by atoms with van der Waals surface area (Å²) in [6.45, 7) is 0. The van der Waals surface area contributed by atoms with Crippen molar-refractivity contribution in [2.45, 2.75) is 0 Å². The minimum Gasteiger partial charge on any atom is -0.422 e. The van der Waals surface area contributed by atoms with Crippen LogP contribution in [0.2, 0.25) is 5.02 Å². The highest BCUT2D eigenvalue weighted by atomic mass is 35.5. The van der Waals surface area contributed by atoms with Crippen LogP contribution in [0.1, 0.15) is 26.4 Å². The van der Waals surface area contributed by atoms with Crippen molar-refractivity contribution in [1.82, 2.24) is 15.4 Å². The van der Waals surface area contributed by atoms with Gasteiger partial charge in [0, 0.05) is 23.0 Å². The highest BCUT2D eigenvalue weighted by molar-refractivity contribution is 6.30. The maximum absolute atomic E-state index is 12.6. The van der Waals surface area contributed by atoms with E-state index in [1.807, 2.05) is 30.3 Å². The van der Waals surface area contributed by atoms with E-state index in [0.29, 0.717) is 21.9 Å². The molecule has 152 valence electrons. The Labute approximate surface area is 182 Å². The summed E-state index contributed by atoms with van der Waals surface area (Å²) in [5, 5.41) is 6.27. The Morgan fingerprint density at radius 1 is 1.00 bits per heavy atom. The van der Waals surface area contributed by atoms with Crippen LogP contribution in [0.25, 0.3) is 10.8 Å². The van der Waals surface area contributed by atoms with Crippen LogP contribution in [-0.4, -0.2) is 28.1 Å². The first-order valence-corrected chi connectivity index (χ1v) is 9.58. The van der Waals surface area contributed by atoms with Crippen molar-refractivity contribution in [2.24, 2.45) is 5.10 Å². The standard InChI is InChI=1S/C23H15ClN4O3/c24-17-8-5-16(6-9-17)23(30)31-21-10-7-15-3-1-2-4-18(15)19(21)13-27-28-22(29)20-14-25-11-12-26-20/h1-14H,(H,28,29)/b27-13-. The quantitative estimate of drug-likeness (QED) is 0.221. The number of ether oxygens (including phenoxy) is 1. The van der Waals surface area contributed by atoms with E-state index >= 15 is 0 Å². The molecule has 4 rings (SSSR count). The molecule has 7 nitrogen and oxygen atoms in total. The predicted octanol–water partition coefficient (Wildman–Crippen LogP) is 4.27. The molecule has 1 aromatic heterocycles. The number of rotatable bonds is 5. The molecule has 8 heteroatoms. The van der Waals surface area contributed by atoms with Gasteiger partial charge in [-0.05, 0) is 41.1 Å². The van der Waals surface area contributed by atoms with Crippen molar-refractivity contribution < 1.29 is 14.3 Å². The SMILES string of the molecule is O=C(Oc1ccc2ccccc2c1/C=N\NC(=O)c1cnccn1)c1ccc(Cl)cc1. The fourth-order valence-electron chi connectivity index (χ4n) is 2.87. The van der Waals surface area contributed by atoms with Gasteiger partial charge in [0.1, 0.15) is 11.4 Å². The average molecular weight is 431 g/mol. The van der Waals surface area contributed by atoms with E-state index in [1.54, 1.807) is 30.3 Å². The minimum atomic E-state index is -0.537. The predicted molar refractivity (Wildman–Crippen MR) is 117 cm³/mol. The average Bonchev–Trinajstić information content (AvgIpc) is 2.81. The molecule has 0 aliphatic rings. The van der Waals surface area contributed by atoms with Crippen LogP contribution in [0.15, 0.2) is 84.4 Å². The molecule has 0 saturated heterocycles. The lowest BCUT2D eigenvalue weighted by Gasteiger charge is -2.10. The summed E-state index contributed by atoms with van der Waals surface area (Å²) in [7, 11) is 0. The van der Waals surface area contributed by atoms with Crippen molar-refractivity contribution in [3.8, 4) is 5.75 Å². The molecule has 0 bridgehead atoms. The van der Waals surface area contributed by atoms with Gasteiger partial charge in [-0.15, -0.1) is 0 Å². The van der Waals surface area contributed by atoms with Gasteiger partial charge in [-0.1, -0.05) is 41.9 Å². The largest absolute Gasteiger partial charge is 0.422 e. The van der Waals surface area contributed by atoms with E-state index in [9.17, 15) is 9.59 Å². The first-order chi connectivity index (χ1) is 15.1. The maximum atomic E-state index is 12.6. The van der Waals surface area contributed by atoms with E-state index < -0.39 is 11.9 Å². The second-order valence-corrected chi connectivity index (χ2v) is 6.82. The Balaban J connectivity index is 1.63. The summed E-state index contributed by atoms with van der Waals surface area (Å²) in [5.74, 6) is -0.745. The van der Waals surface area contributed by atoms with Gasteiger partial charge in [0.15, 0.2) is 0 Å². The molecule has 0 spiro atoms. The van der Waals surface area contributed by atoms with Crippen LogP contribution in [0.4, 0.5) is 0 Å². The van der Waals surface area contributed by atoms with Gasteiger partial charge in [-0.2, -0.15) is 5.10 Å². The number of hydrogen-bond acceptors (Lipinski definition) is 6. The number of benzene rings is 3. The number of hydrazone groups is 1. The third-order valence-electron chi connectivity index (χ3n) is 4.37. The van der Waals surface area contributed by atoms with Crippen LogP contribution >= 0.6 is 11.6 Å². The molecular formula is C23H15ClN4O3. The number of carbonyl (C=O) groups is 2. The zero-order valence-electron chi connectivity index (χ0n) is 16.0. The first-order valence-electron chi connectivity index (χ1n) is 9.21. The molecule has 0 aliphatic heterocycles. The lowest BCUT2D eigenvalue weighted by Crippen LogP contribution is -2.19. The topological polar surface area (TPSA) is 93.5 Å². The molecule has 0 unspecified atom stereocenters. The molecule has 0 aliphatic carbocycles. The van der Waals surface area contributed by atoms with Crippen LogP contribution in [0, 0.1) is 0 Å². The second kappa shape index (κ2) is 9.15. The van der Waals surface area contributed by atoms with Gasteiger partial charge >= 0.3 is 5.97 Å². The molecule has 0 radical (unpaired) electrons. The van der Waals surface area contributed by atoms with Gasteiger partial charge in [0.25, 0.3) is 5.91 Å². The fraction of sp³-hybridized carbons (Fsp3) is 0. The number of nitrogens with zero attached hydrogens (tertiary/aromatic N) is 3. The van der Waals surface area contributed by atoms with Gasteiger partial charge in [0.05, 0.1) is 18.0 Å². The monoisotopic (exact) mass is 430 g/mol. The van der Waals surface area contributed by atoms with Crippen LogP contribution in [0.5, 0.6) is 5.75 Å². The normalized spacial score (nSPS) is 10.9. The summed E-state index contributed by atoms with van der Waals surface area (Å²) in [6.07, 6.45) is 5.65. The molecule has 0 atom stereocenters. The number of halogens is 1. The van der Waals surface area contributed by atoms with E-state index in [1.165, 1.54) is 24.8 Å². The third kappa shape index (κ3) is 4.73. The zero-order valence-corrected chi connectivity index (χ0v) is 16.8. The molecule has 1 heterocycles. The van der Waals surface area contributed by atoms with Gasteiger partial charge in [-0.3, -0.25) is 9.78 Å². The fourth-order valence-corrected chi connectivity index (χ4v) is 3.00. The molecular weight excluding hydrogens is 416 g/mol. The van der Waals surface area contributed by atoms with Crippen LogP contribution in [0.3, 0.4) is 0 Å². The summed E-state index contributed by atoms with van der Waals surface area (Å²) >= 11 is 5.88. The smallest absolute Gasteiger partial charge is 0.343 e. The van der Waals surface area contributed by atoms with E-state index in [4.69, 9.17) is 16.3 Å². The Bertz CT molecular complexity index is 1280. The van der Waals surface area contributed by atoms with Crippen molar-refractivity contribution in [1.29, 1.82) is 0 Å².